The predicted octanol–water partition coefficient (Wildman–Crippen LogP) is 4.01. The van der Waals surface area contributed by atoms with E-state index >= 15 is 0 Å². The molecule has 0 saturated carbocycles. The van der Waals surface area contributed by atoms with E-state index in [0.29, 0.717) is 6.42 Å². The van der Waals surface area contributed by atoms with Gasteiger partial charge in [0.1, 0.15) is 17.7 Å². The van der Waals surface area contributed by atoms with Gasteiger partial charge in [-0.05, 0) is 6.07 Å². The van der Waals surface area contributed by atoms with Crippen LogP contribution in [0.4, 0.5) is 13.2 Å². The first-order valence-corrected chi connectivity index (χ1v) is 7.17. The lowest BCUT2D eigenvalue weighted by Crippen LogP contribution is -2.12. The Morgan fingerprint density at radius 3 is 2.71 bits per heavy atom. The SMILES string of the molecule is Fc1cc(C2CCO[P+](=S)O2)c(F)c(Cl)c1F. The Kier molecular flexibility index (Phi) is 4.00. The van der Waals surface area contributed by atoms with Gasteiger partial charge in [-0.15, -0.1) is 9.05 Å². The average Bonchev–Trinajstić information content (AvgIpc) is 2.31. The monoisotopic (exact) mass is 301 g/mol. The van der Waals surface area contributed by atoms with Crippen molar-refractivity contribution in [2.24, 2.45) is 0 Å². The van der Waals surface area contributed by atoms with Crippen molar-refractivity contribution in [1.29, 1.82) is 0 Å². The van der Waals surface area contributed by atoms with E-state index in [2.05, 4.69) is 0 Å². The number of halogens is 4. The molecule has 0 N–H and O–H groups in total. The highest BCUT2D eigenvalue weighted by atomic mass is 35.5. The lowest BCUT2D eigenvalue weighted by molar-refractivity contribution is 0.116. The van der Waals surface area contributed by atoms with Gasteiger partial charge in [-0.25, -0.2) is 13.2 Å². The molecule has 0 amide bonds. The molecule has 0 radical (unpaired) electrons. The van der Waals surface area contributed by atoms with Gasteiger partial charge >= 0.3 is 7.15 Å². The summed E-state index contributed by atoms with van der Waals surface area (Å²) < 4.78 is 50.0. The Labute approximate surface area is 106 Å². The summed E-state index contributed by atoms with van der Waals surface area (Å²) in [5.74, 6) is -3.63. The number of hydrogen-bond acceptors (Lipinski definition) is 3. The van der Waals surface area contributed by atoms with Crippen molar-refractivity contribution in [2.45, 2.75) is 12.5 Å². The zero-order valence-electron chi connectivity index (χ0n) is 8.25. The van der Waals surface area contributed by atoms with E-state index in [1.54, 1.807) is 0 Å². The Bertz CT molecular complexity index is 486. The Morgan fingerprint density at radius 1 is 1.35 bits per heavy atom. The highest BCUT2D eigenvalue weighted by molar-refractivity contribution is 8.00. The van der Waals surface area contributed by atoms with Crippen LogP contribution in [0.25, 0.3) is 0 Å². The van der Waals surface area contributed by atoms with Crippen molar-refractivity contribution < 1.29 is 22.2 Å². The molecule has 1 aliphatic heterocycles. The molecule has 1 heterocycles. The lowest BCUT2D eigenvalue weighted by atomic mass is 10.1. The third kappa shape index (κ3) is 2.61. The summed E-state index contributed by atoms with van der Waals surface area (Å²) in [4.78, 5) is 0. The van der Waals surface area contributed by atoms with E-state index < -0.39 is 35.7 Å². The molecule has 17 heavy (non-hydrogen) atoms. The van der Waals surface area contributed by atoms with E-state index in [-0.39, 0.29) is 12.2 Å². The molecule has 8 heteroatoms. The summed E-state index contributed by atoms with van der Waals surface area (Å²) in [6, 6.07) is 0.741. The fourth-order valence-electron chi connectivity index (χ4n) is 1.46. The van der Waals surface area contributed by atoms with Crippen molar-refractivity contribution >= 4 is 30.6 Å². The van der Waals surface area contributed by atoms with Crippen molar-refractivity contribution in [3.8, 4) is 0 Å². The van der Waals surface area contributed by atoms with Crippen LogP contribution >= 0.6 is 18.8 Å². The molecule has 1 aromatic rings. The van der Waals surface area contributed by atoms with Crippen molar-refractivity contribution in [1.82, 2.24) is 0 Å². The van der Waals surface area contributed by atoms with Crippen LogP contribution in [0.1, 0.15) is 18.1 Å². The van der Waals surface area contributed by atoms with Gasteiger partial charge in [0, 0.05) is 12.0 Å². The van der Waals surface area contributed by atoms with Gasteiger partial charge in [-0.3, -0.25) is 0 Å². The maximum Gasteiger partial charge on any atom is 0.522 e. The summed E-state index contributed by atoms with van der Waals surface area (Å²) in [5, 5.41) is -0.871. The molecule has 2 unspecified atom stereocenters. The van der Waals surface area contributed by atoms with Crippen LogP contribution in [0.5, 0.6) is 0 Å². The molecule has 0 bridgehead atoms. The molecule has 0 spiro atoms. The molecule has 2 atom stereocenters. The number of rotatable bonds is 1. The number of benzene rings is 1. The van der Waals surface area contributed by atoms with E-state index in [1.165, 1.54) is 0 Å². The molecular weight excluding hydrogens is 296 g/mol. The minimum atomic E-state index is -1.54. The smallest absolute Gasteiger partial charge is 0.205 e. The third-order valence-corrected chi connectivity index (χ3v) is 3.99. The van der Waals surface area contributed by atoms with Crippen molar-refractivity contribution in [3.63, 3.8) is 0 Å². The van der Waals surface area contributed by atoms with E-state index in [1.807, 2.05) is 0 Å². The minimum absolute atomic E-state index is 0.130. The second-order valence-electron chi connectivity index (χ2n) is 3.33. The largest absolute Gasteiger partial charge is 0.522 e. The van der Waals surface area contributed by atoms with E-state index in [0.717, 1.165) is 6.07 Å². The summed E-state index contributed by atoms with van der Waals surface area (Å²) in [6.45, 7) is 0.288. The normalized spacial score (nSPS) is 22.8. The highest BCUT2D eigenvalue weighted by Gasteiger charge is 2.34. The molecule has 2 nitrogen and oxygen atoms in total. The molecule has 0 aliphatic carbocycles. The van der Waals surface area contributed by atoms with Gasteiger partial charge in [0.05, 0.1) is 0 Å². The Balaban J connectivity index is 2.41. The van der Waals surface area contributed by atoms with Gasteiger partial charge in [-0.2, -0.15) is 0 Å². The minimum Gasteiger partial charge on any atom is -0.205 e. The van der Waals surface area contributed by atoms with Crippen LogP contribution in [0, 0.1) is 17.5 Å². The first-order valence-electron chi connectivity index (χ1n) is 4.60. The molecule has 92 valence electrons. The quantitative estimate of drug-likeness (QED) is 0.443. The van der Waals surface area contributed by atoms with Gasteiger partial charge in [0.15, 0.2) is 17.5 Å². The molecule has 1 fully saturated rings. The van der Waals surface area contributed by atoms with Crippen molar-refractivity contribution in [3.05, 3.63) is 34.1 Å². The number of hydrogen-bond donors (Lipinski definition) is 0. The molecule has 0 aromatic heterocycles. The fraction of sp³-hybridized carbons (Fsp3) is 0.333. The second-order valence-corrected chi connectivity index (χ2v) is 5.52. The summed E-state index contributed by atoms with van der Waals surface area (Å²) >= 11 is 10.1. The second kappa shape index (κ2) is 5.16. The predicted molar refractivity (Wildman–Crippen MR) is 60.0 cm³/mol. The standard InChI is InChI=1S/C9H6ClF3O2PS/c10-7-8(12)4(3-5(11)9(7)13)6-1-2-14-16(17)15-6/h3,6H,1-2H2/q+1. The van der Waals surface area contributed by atoms with Gasteiger partial charge in [0.2, 0.25) is 11.8 Å². The Hall–Kier alpha value is -0.260. The summed E-state index contributed by atoms with van der Waals surface area (Å²) in [5.41, 5.74) is -0.130. The zero-order chi connectivity index (χ0) is 12.6. The first kappa shape index (κ1) is 13.2. The van der Waals surface area contributed by atoms with Crippen LogP contribution in [-0.4, -0.2) is 6.61 Å². The van der Waals surface area contributed by atoms with Gasteiger partial charge in [-0.1, -0.05) is 11.6 Å². The maximum absolute atomic E-state index is 13.7. The zero-order valence-corrected chi connectivity index (χ0v) is 10.7. The molecule has 1 aliphatic rings. The van der Waals surface area contributed by atoms with Crippen molar-refractivity contribution in [2.75, 3.05) is 6.61 Å². The fourth-order valence-corrected chi connectivity index (χ4v) is 2.94. The van der Waals surface area contributed by atoms with E-state index in [9.17, 15) is 13.2 Å². The van der Waals surface area contributed by atoms with E-state index in [4.69, 9.17) is 32.5 Å². The molecule has 1 aromatic carbocycles. The van der Waals surface area contributed by atoms with Gasteiger partial charge in [0.25, 0.3) is 0 Å². The Morgan fingerprint density at radius 2 is 2.06 bits per heavy atom. The van der Waals surface area contributed by atoms with Crippen LogP contribution in [0.2, 0.25) is 5.02 Å². The average molecular weight is 302 g/mol. The van der Waals surface area contributed by atoms with Gasteiger partial charge < -0.3 is 0 Å². The van der Waals surface area contributed by atoms with Crippen LogP contribution in [0.3, 0.4) is 0 Å². The van der Waals surface area contributed by atoms with Crippen LogP contribution in [0.15, 0.2) is 6.07 Å². The van der Waals surface area contributed by atoms with Crippen LogP contribution < -0.4 is 0 Å². The lowest BCUT2D eigenvalue weighted by Gasteiger charge is -2.16. The third-order valence-electron chi connectivity index (χ3n) is 2.27. The molecule has 1 saturated heterocycles. The molecular formula is C9H6ClF3O2PS+. The summed E-state index contributed by atoms with van der Waals surface area (Å²) in [6.07, 6.45) is -0.437. The topological polar surface area (TPSA) is 18.5 Å². The molecule has 2 rings (SSSR count). The highest BCUT2D eigenvalue weighted by Crippen LogP contribution is 2.42. The van der Waals surface area contributed by atoms with Crippen LogP contribution in [-0.2, 0) is 20.9 Å². The maximum atomic E-state index is 13.7. The summed E-state index contributed by atoms with van der Waals surface area (Å²) in [7, 11) is -1.54. The first-order chi connectivity index (χ1) is 8.00.